The number of nitrogens with zero attached hydrogens (tertiary/aromatic N) is 4. The Balaban J connectivity index is 1.68. The van der Waals surface area contributed by atoms with Gasteiger partial charge in [-0.1, -0.05) is 0 Å². The zero-order chi connectivity index (χ0) is 21.3. The van der Waals surface area contributed by atoms with Gasteiger partial charge in [-0.2, -0.15) is 0 Å². The quantitative estimate of drug-likeness (QED) is 0.597. The zero-order valence-electron chi connectivity index (χ0n) is 16.6. The third-order valence-electron chi connectivity index (χ3n) is 4.97. The van der Waals surface area contributed by atoms with E-state index in [0.717, 1.165) is 6.42 Å². The summed E-state index contributed by atoms with van der Waals surface area (Å²) in [4.78, 5) is 36.2. The smallest absolute Gasteiger partial charge is 0.303 e. The molecular formula is C18H23N5O7. The molecule has 2 unspecified atom stereocenters. The van der Waals surface area contributed by atoms with Crippen molar-refractivity contribution in [1.82, 2.24) is 19.5 Å². The van der Waals surface area contributed by atoms with Crippen LogP contribution in [0.15, 0.2) is 12.7 Å². The minimum Gasteiger partial charge on any atom is -0.456 e. The first-order valence-corrected chi connectivity index (χ1v) is 9.60. The zero-order valence-corrected chi connectivity index (χ0v) is 16.6. The standard InChI is InChI=1S/C18H23N5O7/c1-9(25)28-14-12(5-24)30-18(15(14)29-10(2)26)23-8-21-13-16(19-7-20-17(13)23)22-11-3-4-27-6-11/h7-8,11-12,14-15,18,24H,3-6H2,1-2H3,(H,19,20,22)/t11?,12-,14-,15-,18?/m1/s1. The summed E-state index contributed by atoms with van der Waals surface area (Å²) < 4.78 is 23.5. The highest BCUT2D eigenvalue weighted by molar-refractivity contribution is 5.83. The van der Waals surface area contributed by atoms with Crippen molar-refractivity contribution in [1.29, 1.82) is 0 Å². The first-order valence-electron chi connectivity index (χ1n) is 9.60. The Bertz CT molecular complexity index is 929. The van der Waals surface area contributed by atoms with Gasteiger partial charge in [-0.3, -0.25) is 14.2 Å². The average molecular weight is 421 g/mol. The van der Waals surface area contributed by atoms with Gasteiger partial charge in [0.1, 0.15) is 12.4 Å². The molecule has 0 aliphatic carbocycles. The van der Waals surface area contributed by atoms with Crippen molar-refractivity contribution in [3.8, 4) is 0 Å². The number of nitrogens with one attached hydrogen (secondary N) is 1. The number of aliphatic hydroxyl groups is 1. The van der Waals surface area contributed by atoms with E-state index in [1.165, 1.54) is 26.5 Å². The highest BCUT2D eigenvalue weighted by Crippen LogP contribution is 2.36. The Kier molecular flexibility index (Phi) is 5.79. The Hall–Kier alpha value is -2.83. The van der Waals surface area contributed by atoms with Gasteiger partial charge in [0, 0.05) is 20.5 Å². The Morgan fingerprint density at radius 2 is 2.00 bits per heavy atom. The summed E-state index contributed by atoms with van der Waals surface area (Å²) >= 11 is 0. The minimum atomic E-state index is -0.990. The number of aliphatic hydroxyl groups excluding tert-OH is 1. The van der Waals surface area contributed by atoms with Crippen LogP contribution < -0.4 is 5.32 Å². The lowest BCUT2D eigenvalue weighted by Gasteiger charge is -2.23. The van der Waals surface area contributed by atoms with Gasteiger partial charge in [0.2, 0.25) is 0 Å². The molecule has 2 fully saturated rings. The summed E-state index contributed by atoms with van der Waals surface area (Å²) in [6, 6.07) is 0.122. The molecule has 0 radical (unpaired) electrons. The van der Waals surface area contributed by atoms with Crippen LogP contribution in [0.1, 0.15) is 26.5 Å². The van der Waals surface area contributed by atoms with Gasteiger partial charge in [-0.05, 0) is 6.42 Å². The maximum Gasteiger partial charge on any atom is 0.303 e. The van der Waals surface area contributed by atoms with Gasteiger partial charge in [0.05, 0.1) is 25.6 Å². The van der Waals surface area contributed by atoms with Crippen molar-refractivity contribution < 1.29 is 33.6 Å². The Morgan fingerprint density at radius 3 is 2.67 bits per heavy atom. The predicted octanol–water partition coefficient (Wildman–Crippen LogP) is -0.220. The van der Waals surface area contributed by atoms with Crippen molar-refractivity contribution >= 4 is 28.9 Å². The fraction of sp³-hybridized carbons (Fsp3) is 0.611. The summed E-state index contributed by atoms with van der Waals surface area (Å²) in [6.45, 7) is 3.31. The van der Waals surface area contributed by atoms with Crippen molar-refractivity contribution in [2.24, 2.45) is 0 Å². The van der Waals surface area contributed by atoms with Gasteiger partial charge in [-0.15, -0.1) is 0 Å². The number of esters is 2. The second-order valence-corrected chi connectivity index (χ2v) is 7.15. The van der Waals surface area contributed by atoms with Crippen LogP contribution in [0.2, 0.25) is 0 Å². The van der Waals surface area contributed by atoms with Crippen LogP contribution in [0.5, 0.6) is 0 Å². The van der Waals surface area contributed by atoms with E-state index in [4.69, 9.17) is 18.9 Å². The molecule has 2 N–H and O–H groups in total. The minimum absolute atomic E-state index is 0.122. The van der Waals surface area contributed by atoms with Crippen LogP contribution in [-0.2, 0) is 28.5 Å². The van der Waals surface area contributed by atoms with Crippen LogP contribution in [0.4, 0.5) is 5.82 Å². The molecule has 0 spiro atoms. The molecule has 30 heavy (non-hydrogen) atoms. The van der Waals surface area contributed by atoms with Crippen molar-refractivity contribution in [2.75, 3.05) is 25.1 Å². The van der Waals surface area contributed by atoms with E-state index in [0.29, 0.717) is 30.2 Å². The van der Waals surface area contributed by atoms with Crippen molar-refractivity contribution in [2.45, 2.75) is 50.8 Å². The van der Waals surface area contributed by atoms with Gasteiger partial charge < -0.3 is 29.4 Å². The molecule has 4 rings (SSSR count). The molecule has 12 heteroatoms. The maximum absolute atomic E-state index is 11.7. The number of imidazole rings is 1. The van der Waals surface area contributed by atoms with Crippen LogP contribution in [0.3, 0.4) is 0 Å². The number of hydrogen-bond acceptors (Lipinski definition) is 11. The van der Waals surface area contributed by atoms with E-state index < -0.39 is 43.1 Å². The Morgan fingerprint density at radius 1 is 1.23 bits per heavy atom. The van der Waals surface area contributed by atoms with E-state index in [1.807, 2.05) is 0 Å². The Labute approximate surface area is 171 Å². The molecule has 2 saturated heterocycles. The van der Waals surface area contributed by atoms with E-state index in [2.05, 4.69) is 20.3 Å². The van der Waals surface area contributed by atoms with Gasteiger partial charge in [0.15, 0.2) is 35.4 Å². The lowest BCUT2D eigenvalue weighted by molar-refractivity contribution is -0.165. The molecule has 2 aromatic heterocycles. The lowest BCUT2D eigenvalue weighted by atomic mass is 10.1. The summed E-state index contributed by atoms with van der Waals surface area (Å²) in [5.41, 5.74) is 0.944. The largest absolute Gasteiger partial charge is 0.456 e. The normalized spacial score (nSPS) is 28.6. The molecule has 0 aromatic carbocycles. The summed E-state index contributed by atoms with van der Waals surface area (Å²) in [5.74, 6) is -0.610. The fourth-order valence-corrected chi connectivity index (χ4v) is 3.72. The third kappa shape index (κ3) is 3.93. The van der Waals surface area contributed by atoms with Crippen molar-refractivity contribution in [3.63, 3.8) is 0 Å². The molecule has 0 saturated carbocycles. The van der Waals surface area contributed by atoms with E-state index in [9.17, 15) is 14.7 Å². The fourth-order valence-electron chi connectivity index (χ4n) is 3.72. The number of anilines is 1. The van der Waals surface area contributed by atoms with Crippen LogP contribution in [0, 0.1) is 0 Å². The number of ether oxygens (including phenoxy) is 4. The molecule has 162 valence electrons. The highest BCUT2D eigenvalue weighted by Gasteiger charge is 2.50. The van der Waals surface area contributed by atoms with E-state index >= 15 is 0 Å². The number of rotatable bonds is 6. The molecular weight excluding hydrogens is 398 g/mol. The second kappa shape index (κ2) is 8.50. The first-order chi connectivity index (χ1) is 14.5. The third-order valence-corrected chi connectivity index (χ3v) is 4.97. The molecule has 4 heterocycles. The molecule has 2 aromatic rings. The maximum atomic E-state index is 11.7. The van der Waals surface area contributed by atoms with E-state index in [1.54, 1.807) is 4.57 Å². The van der Waals surface area contributed by atoms with Crippen LogP contribution in [-0.4, -0.2) is 80.7 Å². The SMILES string of the molecule is CC(=O)O[C@@H]1[C@@H](CO)OC(n2cnc3c(NC4CCOC4)ncnc32)[C@@H]1OC(C)=O. The van der Waals surface area contributed by atoms with Gasteiger partial charge in [0.25, 0.3) is 0 Å². The highest BCUT2D eigenvalue weighted by atomic mass is 16.6. The molecule has 5 atom stereocenters. The predicted molar refractivity (Wildman–Crippen MR) is 100 cm³/mol. The lowest BCUT2D eigenvalue weighted by Crippen LogP contribution is -2.40. The molecule has 2 aliphatic rings. The number of carbonyl (C=O) groups is 2. The van der Waals surface area contributed by atoms with Crippen LogP contribution >= 0.6 is 0 Å². The summed E-state index contributed by atoms with van der Waals surface area (Å²) in [6.07, 6.45) is -0.0179. The molecule has 0 amide bonds. The van der Waals surface area contributed by atoms with Crippen molar-refractivity contribution in [3.05, 3.63) is 12.7 Å². The number of fused-ring (bicyclic) bond motifs is 1. The average Bonchev–Trinajstić information content (AvgIpc) is 3.42. The van der Waals surface area contributed by atoms with Gasteiger partial charge in [-0.25, -0.2) is 15.0 Å². The topological polar surface area (TPSA) is 147 Å². The van der Waals surface area contributed by atoms with Crippen LogP contribution in [0.25, 0.3) is 11.2 Å². The monoisotopic (exact) mass is 421 g/mol. The summed E-state index contributed by atoms with van der Waals surface area (Å²) in [7, 11) is 0. The number of hydrogen-bond donors (Lipinski definition) is 2. The summed E-state index contributed by atoms with van der Waals surface area (Å²) in [5, 5.41) is 13.0. The molecule has 0 bridgehead atoms. The number of carbonyl (C=O) groups excluding carboxylic acids is 2. The molecule has 2 aliphatic heterocycles. The van der Waals surface area contributed by atoms with Gasteiger partial charge >= 0.3 is 11.9 Å². The van der Waals surface area contributed by atoms with E-state index in [-0.39, 0.29) is 6.04 Å². The first kappa shape index (κ1) is 20.4. The molecule has 12 nitrogen and oxygen atoms in total. The second-order valence-electron chi connectivity index (χ2n) is 7.15. The number of aromatic nitrogens is 4.